The number of carbonyl (C=O) groups excluding carboxylic acids is 1. The second-order valence-electron chi connectivity index (χ2n) is 4.87. The Morgan fingerprint density at radius 1 is 1.42 bits per heavy atom. The molecule has 1 aliphatic heterocycles. The summed E-state index contributed by atoms with van der Waals surface area (Å²) < 4.78 is 11.1. The number of halogens is 1. The molecule has 1 aromatic carbocycles. The fourth-order valence-electron chi connectivity index (χ4n) is 2.45. The van der Waals surface area contributed by atoms with Crippen molar-refractivity contribution in [3.05, 3.63) is 35.0 Å². The molecule has 0 aliphatic carbocycles. The van der Waals surface area contributed by atoms with Crippen LogP contribution in [0.4, 0.5) is 0 Å². The van der Waals surface area contributed by atoms with Crippen LogP contribution in [0.5, 0.6) is 0 Å². The van der Waals surface area contributed by atoms with Crippen molar-refractivity contribution in [2.24, 2.45) is 0 Å². The molecule has 1 aliphatic rings. The molecule has 1 fully saturated rings. The first-order valence-corrected chi connectivity index (χ1v) is 6.95. The number of carbonyl (C=O) groups is 1. The van der Waals surface area contributed by atoms with Gasteiger partial charge in [-0.3, -0.25) is 4.79 Å². The number of furan rings is 1. The molecule has 100 valence electrons. The number of fused-ring (bicyclic) bond motifs is 1. The maximum atomic E-state index is 12.1. The van der Waals surface area contributed by atoms with Crippen molar-refractivity contribution in [1.29, 1.82) is 0 Å². The molecule has 1 atom stereocenters. The minimum Gasteiger partial charge on any atom is -0.451 e. The molecule has 0 saturated carbocycles. The van der Waals surface area contributed by atoms with E-state index in [-0.39, 0.29) is 11.9 Å². The summed E-state index contributed by atoms with van der Waals surface area (Å²) in [5, 5.41) is 1.41. The maximum absolute atomic E-state index is 12.1. The molecule has 1 saturated heterocycles. The van der Waals surface area contributed by atoms with Crippen LogP contribution in [0.3, 0.4) is 0 Å². The highest BCUT2D eigenvalue weighted by Gasteiger charge is 2.19. The van der Waals surface area contributed by atoms with Gasteiger partial charge in [0, 0.05) is 18.4 Å². The molecule has 0 amide bonds. The predicted octanol–water partition coefficient (Wildman–Crippen LogP) is 4.23. The van der Waals surface area contributed by atoms with Gasteiger partial charge in [0.2, 0.25) is 0 Å². The first-order valence-electron chi connectivity index (χ1n) is 6.57. The largest absolute Gasteiger partial charge is 0.451 e. The van der Waals surface area contributed by atoms with Crippen LogP contribution in [0.25, 0.3) is 11.0 Å². The number of para-hydroxylation sites is 1. The van der Waals surface area contributed by atoms with Gasteiger partial charge in [0.15, 0.2) is 17.1 Å². The number of ketones is 1. The van der Waals surface area contributed by atoms with Crippen LogP contribution in [-0.2, 0) is 4.74 Å². The molecule has 1 aromatic heterocycles. The maximum Gasteiger partial charge on any atom is 0.198 e. The third-order valence-corrected chi connectivity index (χ3v) is 3.79. The molecule has 0 bridgehead atoms. The van der Waals surface area contributed by atoms with Crippen molar-refractivity contribution in [1.82, 2.24) is 0 Å². The van der Waals surface area contributed by atoms with E-state index in [1.807, 2.05) is 12.1 Å². The van der Waals surface area contributed by atoms with Gasteiger partial charge in [-0.1, -0.05) is 23.7 Å². The quantitative estimate of drug-likeness (QED) is 0.786. The number of Topliss-reactive ketones (excluding diaryl/α,β-unsaturated/α-hetero) is 1. The standard InChI is InChI=1S/C15H15ClO3/c16-12-5-1-3-10-9-14(19-15(10)12)13(17)7-6-11-4-2-8-18-11/h1,3,5,9,11H,2,4,6-8H2. The molecule has 3 rings (SSSR count). The Morgan fingerprint density at radius 2 is 2.32 bits per heavy atom. The monoisotopic (exact) mass is 278 g/mol. The second-order valence-corrected chi connectivity index (χ2v) is 5.27. The van der Waals surface area contributed by atoms with E-state index >= 15 is 0 Å². The summed E-state index contributed by atoms with van der Waals surface area (Å²) in [5.74, 6) is 0.406. The lowest BCUT2D eigenvalue weighted by Crippen LogP contribution is -2.08. The first kappa shape index (κ1) is 12.7. The van der Waals surface area contributed by atoms with Crippen molar-refractivity contribution in [2.45, 2.75) is 31.8 Å². The second kappa shape index (κ2) is 5.35. The molecule has 0 N–H and O–H groups in total. The minimum atomic E-state index is 0.0165. The summed E-state index contributed by atoms with van der Waals surface area (Å²) in [6.07, 6.45) is 3.61. The topological polar surface area (TPSA) is 39.4 Å². The average Bonchev–Trinajstić information content (AvgIpc) is 3.05. The normalized spacial score (nSPS) is 19.1. The zero-order valence-corrected chi connectivity index (χ0v) is 11.3. The molecular formula is C15H15ClO3. The van der Waals surface area contributed by atoms with Crippen molar-refractivity contribution >= 4 is 28.4 Å². The Balaban J connectivity index is 1.72. The molecule has 4 heteroatoms. The van der Waals surface area contributed by atoms with E-state index in [0.717, 1.165) is 31.3 Å². The summed E-state index contributed by atoms with van der Waals surface area (Å²) in [6.45, 7) is 0.819. The molecule has 0 spiro atoms. The van der Waals surface area contributed by atoms with Crippen LogP contribution in [0.1, 0.15) is 36.2 Å². The third kappa shape index (κ3) is 2.67. The summed E-state index contributed by atoms with van der Waals surface area (Å²) >= 11 is 6.03. The van der Waals surface area contributed by atoms with Gasteiger partial charge in [0.1, 0.15) is 0 Å². The van der Waals surface area contributed by atoms with Gasteiger partial charge in [0.05, 0.1) is 11.1 Å². The van der Waals surface area contributed by atoms with Gasteiger partial charge < -0.3 is 9.15 Å². The number of ether oxygens (including phenoxy) is 1. The van der Waals surface area contributed by atoms with E-state index in [1.165, 1.54) is 0 Å². The Labute approximate surface area is 116 Å². The van der Waals surface area contributed by atoms with Crippen molar-refractivity contribution in [3.8, 4) is 0 Å². The van der Waals surface area contributed by atoms with Gasteiger partial charge in [-0.25, -0.2) is 0 Å². The summed E-state index contributed by atoms with van der Waals surface area (Å²) in [6, 6.07) is 7.26. The predicted molar refractivity (Wildman–Crippen MR) is 73.8 cm³/mol. The number of hydrogen-bond acceptors (Lipinski definition) is 3. The lowest BCUT2D eigenvalue weighted by molar-refractivity contribution is 0.0842. The van der Waals surface area contributed by atoms with Crippen molar-refractivity contribution in [2.75, 3.05) is 6.61 Å². The van der Waals surface area contributed by atoms with Crippen LogP contribution in [0.2, 0.25) is 5.02 Å². The molecule has 0 radical (unpaired) electrons. The van der Waals surface area contributed by atoms with Gasteiger partial charge >= 0.3 is 0 Å². The number of benzene rings is 1. The van der Waals surface area contributed by atoms with Gasteiger partial charge in [0.25, 0.3) is 0 Å². The fourth-order valence-corrected chi connectivity index (χ4v) is 2.67. The van der Waals surface area contributed by atoms with Gasteiger partial charge in [-0.15, -0.1) is 0 Å². The number of hydrogen-bond donors (Lipinski definition) is 0. The van der Waals surface area contributed by atoms with E-state index < -0.39 is 0 Å². The average molecular weight is 279 g/mol. The molecule has 19 heavy (non-hydrogen) atoms. The Hall–Kier alpha value is -1.32. The first-order chi connectivity index (χ1) is 9.24. The summed E-state index contributed by atoms with van der Waals surface area (Å²) in [5.41, 5.74) is 0.588. The zero-order chi connectivity index (χ0) is 13.2. The van der Waals surface area contributed by atoms with Crippen molar-refractivity contribution < 1.29 is 13.9 Å². The Kier molecular flexibility index (Phi) is 3.58. The Morgan fingerprint density at radius 3 is 3.05 bits per heavy atom. The van der Waals surface area contributed by atoms with E-state index in [9.17, 15) is 4.79 Å². The number of rotatable bonds is 4. The summed E-state index contributed by atoms with van der Waals surface area (Å²) in [4.78, 5) is 12.1. The van der Waals surface area contributed by atoms with E-state index in [1.54, 1.807) is 12.1 Å². The van der Waals surface area contributed by atoms with E-state index in [2.05, 4.69) is 0 Å². The highest BCUT2D eigenvalue weighted by molar-refractivity contribution is 6.34. The van der Waals surface area contributed by atoms with Crippen LogP contribution in [0, 0.1) is 0 Å². The fraction of sp³-hybridized carbons (Fsp3) is 0.400. The van der Waals surface area contributed by atoms with Crippen molar-refractivity contribution in [3.63, 3.8) is 0 Å². The molecule has 2 aromatic rings. The lowest BCUT2D eigenvalue weighted by Gasteiger charge is -2.06. The molecule has 2 heterocycles. The van der Waals surface area contributed by atoms with Gasteiger partial charge in [-0.2, -0.15) is 0 Å². The van der Waals surface area contributed by atoms with E-state index in [0.29, 0.717) is 22.8 Å². The minimum absolute atomic E-state index is 0.0165. The molecule has 1 unspecified atom stereocenters. The molecular weight excluding hydrogens is 264 g/mol. The highest BCUT2D eigenvalue weighted by atomic mass is 35.5. The van der Waals surface area contributed by atoms with Gasteiger partial charge in [-0.05, 0) is 31.4 Å². The van der Waals surface area contributed by atoms with Crippen LogP contribution in [-0.4, -0.2) is 18.5 Å². The smallest absolute Gasteiger partial charge is 0.198 e. The Bertz CT molecular complexity index is 596. The zero-order valence-electron chi connectivity index (χ0n) is 10.5. The highest BCUT2D eigenvalue weighted by Crippen LogP contribution is 2.27. The molecule has 3 nitrogen and oxygen atoms in total. The third-order valence-electron chi connectivity index (χ3n) is 3.49. The lowest BCUT2D eigenvalue weighted by atomic mass is 10.1. The van der Waals surface area contributed by atoms with Crippen LogP contribution >= 0.6 is 11.6 Å². The SMILES string of the molecule is O=C(CCC1CCCO1)c1cc2cccc(Cl)c2o1. The summed E-state index contributed by atoms with van der Waals surface area (Å²) in [7, 11) is 0. The van der Waals surface area contributed by atoms with Crippen LogP contribution < -0.4 is 0 Å². The van der Waals surface area contributed by atoms with Crippen LogP contribution in [0.15, 0.2) is 28.7 Å². The van der Waals surface area contributed by atoms with E-state index in [4.69, 9.17) is 20.8 Å².